The summed E-state index contributed by atoms with van der Waals surface area (Å²) >= 11 is 0. The number of aromatic nitrogens is 2. The third-order valence-electron chi connectivity index (χ3n) is 3.27. The Morgan fingerprint density at radius 2 is 2.04 bits per heavy atom. The van der Waals surface area contributed by atoms with Gasteiger partial charge in [-0.25, -0.2) is 9.97 Å². The Kier molecular flexibility index (Phi) is 6.29. The maximum Gasteiger partial charge on any atom is 0.270 e. The lowest BCUT2D eigenvalue weighted by Gasteiger charge is -2.08. The number of hydrogen-bond donors (Lipinski definition) is 2. The van der Waals surface area contributed by atoms with Gasteiger partial charge >= 0.3 is 0 Å². The normalized spacial score (nSPS) is 10.1. The molecule has 0 atom stereocenters. The van der Waals surface area contributed by atoms with Gasteiger partial charge in [0.25, 0.3) is 5.91 Å². The number of nitrogens with zero attached hydrogens (tertiary/aromatic N) is 2. The topological polar surface area (TPSA) is 66.9 Å². The molecule has 0 aliphatic carbocycles. The first-order valence-electron chi connectivity index (χ1n) is 7.71. The van der Waals surface area contributed by atoms with E-state index in [0.717, 1.165) is 12.8 Å². The molecule has 0 radical (unpaired) electrons. The lowest BCUT2D eigenvalue weighted by Crippen LogP contribution is -2.26. The van der Waals surface area contributed by atoms with E-state index in [0.29, 0.717) is 30.4 Å². The lowest BCUT2D eigenvalue weighted by atomic mass is 10.1. The smallest absolute Gasteiger partial charge is 0.270 e. The number of hydrogen-bond acceptors (Lipinski definition) is 4. The molecule has 1 aromatic heterocycles. The van der Waals surface area contributed by atoms with E-state index in [1.54, 1.807) is 19.1 Å². The molecule has 0 saturated heterocycles. The van der Waals surface area contributed by atoms with Crippen molar-refractivity contribution in [2.45, 2.75) is 19.8 Å². The predicted octanol–water partition coefficient (Wildman–Crippen LogP) is 2.75. The summed E-state index contributed by atoms with van der Waals surface area (Å²) in [5.41, 5.74) is 1.65. The van der Waals surface area contributed by atoms with Crippen molar-refractivity contribution in [1.29, 1.82) is 0 Å². The fraction of sp³-hybridized carbons (Fsp3) is 0.278. The standard InChI is InChI=1S/C18H22N4O/c1-3-11-19-17-13-16(21-14(2)22-17)18(23)20-12-7-10-15-8-5-4-6-9-15/h3-6,8-9,13H,1,7,10-12H2,2H3,(H,20,23)(H,19,21,22). The highest BCUT2D eigenvalue weighted by Gasteiger charge is 2.09. The minimum atomic E-state index is -0.176. The molecule has 5 heteroatoms. The summed E-state index contributed by atoms with van der Waals surface area (Å²) < 4.78 is 0. The van der Waals surface area contributed by atoms with Crippen LogP contribution in [0.15, 0.2) is 49.1 Å². The van der Waals surface area contributed by atoms with Crippen LogP contribution in [0.3, 0.4) is 0 Å². The van der Waals surface area contributed by atoms with E-state index in [1.165, 1.54) is 5.56 Å². The van der Waals surface area contributed by atoms with E-state index in [4.69, 9.17) is 0 Å². The highest BCUT2D eigenvalue weighted by atomic mass is 16.1. The highest BCUT2D eigenvalue weighted by molar-refractivity contribution is 5.92. The Morgan fingerprint density at radius 3 is 2.78 bits per heavy atom. The number of nitrogens with one attached hydrogen (secondary N) is 2. The van der Waals surface area contributed by atoms with Crippen LogP contribution in [0.1, 0.15) is 28.3 Å². The van der Waals surface area contributed by atoms with E-state index in [9.17, 15) is 4.79 Å². The van der Waals surface area contributed by atoms with Crippen LogP contribution in [0.2, 0.25) is 0 Å². The van der Waals surface area contributed by atoms with Crippen LogP contribution in [0.5, 0.6) is 0 Å². The molecule has 1 aromatic carbocycles. The summed E-state index contributed by atoms with van der Waals surface area (Å²) in [4.78, 5) is 20.6. The van der Waals surface area contributed by atoms with Crippen molar-refractivity contribution >= 4 is 11.7 Å². The minimum Gasteiger partial charge on any atom is -0.366 e. The average molecular weight is 310 g/mol. The third-order valence-corrected chi connectivity index (χ3v) is 3.27. The van der Waals surface area contributed by atoms with Crippen molar-refractivity contribution in [2.75, 3.05) is 18.4 Å². The van der Waals surface area contributed by atoms with Gasteiger partial charge in [0.15, 0.2) is 0 Å². The zero-order valence-corrected chi connectivity index (χ0v) is 13.4. The molecule has 0 aliphatic heterocycles. The second-order valence-electron chi connectivity index (χ2n) is 5.20. The molecule has 0 fully saturated rings. The molecule has 0 saturated carbocycles. The minimum absolute atomic E-state index is 0.176. The Bertz CT molecular complexity index is 655. The van der Waals surface area contributed by atoms with Gasteiger partial charge in [0, 0.05) is 19.2 Å². The Balaban J connectivity index is 1.85. The number of carbonyl (C=O) groups excluding carboxylic acids is 1. The summed E-state index contributed by atoms with van der Waals surface area (Å²) in [5.74, 6) is 1.02. The average Bonchev–Trinajstić information content (AvgIpc) is 2.57. The van der Waals surface area contributed by atoms with Gasteiger partial charge < -0.3 is 10.6 Å². The van der Waals surface area contributed by atoms with Gasteiger partial charge in [-0.2, -0.15) is 0 Å². The number of anilines is 1. The zero-order chi connectivity index (χ0) is 16.5. The quantitative estimate of drug-likeness (QED) is 0.581. The lowest BCUT2D eigenvalue weighted by molar-refractivity contribution is 0.0948. The fourth-order valence-corrected chi connectivity index (χ4v) is 2.18. The van der Waals surface area contributed by atoms with Crippen molar-refractivity contribution < 1.29 is 4.79 Å². The zero-order valence-electron chi connectivity index (χ0n) is 13.4. The van der Waals surface area contributed by atoms with Gasteiger partial charge in [0.1, 0.15) is 17.3 Å². The van der Waals surface area contributed by atoms with Gasteiger partial charge in [-0.1, -0.05) is 36.4 Å². The summed E-state index contributed by atoms with van der Waals surface area (Å²) in [6, 6.07) is 11.9. The largest absolute Gasteiger partial charge is 0.366 e. The molecule has 0 spiro atoms. The van der Waals surface area contributed by atoms with E-state index in [1.807, 2.05) is 18.2 Å². The summed E-state index contributed by atoms with van der Waals surface area (Å²) in [5, 5.41) is 5.97. The van der Waals surface area contributed by atoms with Crippen molar-refractivity contribution in [3.63, 3.8) is 0 Å². The third kappa shape index (κ3) is 5.54. The van der Waals surface area contributed by atoms with E-state index < -0.39 is 0 Å². The molecule has 2 aromatic rings. The molecule has 120 valence electrons. The Hall–Kier alpha value is -2.69. The number of rotatable bonds is 8. The predicted molar refractivity (Wildman–Crippen MR) is 92.6 cm³/mol. The number of aryl methyl sites for hydroxylation is 2. The molecule has 2 rings (SSSR count). The van der Waals surface area contributed by atoms with Gasteiger partial charge in [-0.05, 0) is 25.3 Å². The SMILES string of the molecule is C=CCNc1cc(C(=O)NCCCc2ccccc2)nc(C)n1. The van der Waals surface area contributed by atoms with Gasteiger partial charge in [-0.3, -0.25) is 4.79 Å². The van der Waals surface area contributed by atoms with Crippen LogP contribution in [0, 0.1) is 6.92 Å². The van der Waals surface area contributed by atoms with Gasteiger partial charge in [0.2, 0.25) is 0 Å². The first kappa shape index (κ1) is 16.7. The second kappa shape index (κ2) is 8.68. The fourth-order valence-electron chi connectivity index (χ4n) is 2.18. The van der Waals surface area contributed by atoms with E-state index in [2.05, 4.69) is 39.3 Å². The van der Waals surface area contributed by atoms with Crippen LogP contribution in [-0.4, -0.2) is 29.0 Å². The molecular formula is C18H22N4O. The van der Waals surface area contributed by atoms with Crippen molar-refractivity contribution in [3.8, 4) is 0 Å². The van der Waals surface area contributed by atoms with Crippen LogP contribution in [0.4, 0.5) is 5.82 Å². The maximum atomic E-state index is 12.2. The molecule has 1 heterocycles. The molecule has 23 heavy (non-hydrogen) atoms. The molecule has 1 amide bonds. The number of amides is 1. The summed E-state index contributed by atoms with van der Waals surface area (Å²) in [6.45, 7) is 6.62. The number of benzene rings is 1. The van der Waals surface area contributed by atoms with Gasteiger partial charge in [0.05, 0.1) is 0 Å². The maximum absolute atomic E-state index is 12.2. The van der Waals surface area contributed by atoms with Crippen LogP contribution < -0.4 is 10.6 Å². The monoisotopic (exact) mass is 310 g/mol. The van der Waals surface area contributed by atoms with Gasteiger partial charge in [-0.15, -0.1) is 6.58 Å². The Labute approximate surface area is 136 Å². The molecule has 5 nitrogen and oxygen atoms in total. The van der Waals surface area contributed by atoms with Crippen LogP contribution in [0.25, 0.3) is 0 Å². The van der Waals surface area contributed by atoms with E-state index >= 15 is 0 Å². The first-order valence-corrected chi connectivity index (χ1v) is 7.71. The number of carbonyl (C=O) groups is 1. The molecular weight excluding hydrogens is 288 g/mol. The van der Waals surface area contributed by atoms with Crippen molar-refractivity contribution in [1.82, 2.24) is 15.3 Å². The molecule has 0 unspecified atom stereocenters. The Morgan fingerprint density at radius 1 is 1.26 bits per heavy atom. The summed E-state index contributed by atoms with van der Waals surface area (Å²) in [6.07, 6.45) is 3.57. The van der Waals surface area contributed by atoms with Crippen LogP contribution >= 0.6 is 0 Å². The molecule has 0 bridgehead atoms. The first-order chi connectivity index (χ1) is 11.2. The summed E-state index contributed by atoms with van der Waals surface area (Å²) in [7, 11) is 0. The van der Waals surface area contributed by atoms with Crippen molar-refractivity contribution in [3.05, 3.63) is 66.1 Å². The second-order valence-corrected chi connectivity index (χ2v) is 5.20. The van der Waals surface area contributed by atoms with Crippen LogP contribution in [-0.2, 0) is 6.42 Å². The van der Waals surface area contributed by atoms with E-state index in [-0.39, 0.29) is 5.91 Å². The molecule has 0 aliphatic rings. The highest BCUT2D eigenvalue weighted by Crippen LogP contribution is 2.07. The molecule has 2 N–H and O–H groups in total. The van der Waals surface area contributed by atoms with Crippen molar-refractivity contribution in [2.24, 2.45) is 0 Å².